The monoisotopic (exact) mass is 705 g/mol. The lowest BCUT2D eigenvalue weighted by Crippen LogP contribution is -2.09. The zero-order chi connectivity index (χ0) is 35.8. The fourth-order valence-electron chi connectivity index (χ4n) is 7.87. The van der Waals surface area contributed by atoms with Gasteiger partial charge in [0.15, 0.2) is 0 Å². The predicted molar refractivity (Wildman–Crippen MR) is 233 cm³/mol. The van der Waals surface area contributed by atoms with Crippen molar-refractivity contribution < 1.29 is 0 Å². The molecule has 0 unspecified atom stereocenters. The fraction of sp³-hybridized carbons (Fsp3) is 0. The molecule has 1 aromatic heterocycles. The van der Waals surface area contributed by atoms with Crippen molar-refractivity contribution >= 4 is 59.3 Å². The van der Waals surface area contributed by atoms with Crippen molar-refractivity contribution in [3.63, 3.8) is 0 Å². The molecule has 1 heterocycles. The van der Waals surface area contributed by atoms with Gasteiger partial charge in [0.2, 0.25) is 0 Å². The van der Waals surface area contributed by atoms with Crippen molar-refractivity contribution in [1.82, 2.24) is 0 Å². The molecular weight excluding hydrogens is 671 g/mol. The Kier molecular flexibility index (Phi) is 8.09. The maximum absolute atomic E-state index is 2.35. The van der Waals surface area contributed by atoms with E-state index in [0.29, 0.717) is 0 Å². The number of fused-ring (bicyclic) bond motifs is 4. The summed E-state index contributed by atoms with van der Waals surface area (Å²) < 4.78 is 2.66. The van der Waals surface area contributed by atoms with Gasteiger partial charge in [0.1, 0.15) is 0 Å². The smallest absolute Gasteiger partial charge is 0.0462 e. The Bertz CT molecular complexity index is 2900. The van der Waals surface area contributed by atoms with Crippen LogP contribution in [0.15, 0.2) is 212 Å². The number of hydrogen-bond acceptors (Lipinski definition) is 2. The van der Waals surface area contributed by atoms with Gasteiger partial charge in [-0.05, 0) is 104 Å². The molecule has 0 saturated heterocycles. The van der Waals surface area contributed by atoms with Gasteiger partial charge in [0.25, 0.3) is 0 Å². The predicted octanol–water partition coefficient (Wildman–Crippen LogP) is 15.3. The molecule has 0 radical (unpaired) electrons. The first kappa shape index (κ1) is 32.0. The van der Waals surface area contributed by atoms with Crippen LogP contribution in [0.2, 0.25) is 0 Å². The van der Waals surface area contributed by atoms with Gasteiger partial charge in [-0.2, -0.15) is 0 Å². The summed E-state index contributed by atoms with van der Waals surface area (Å²) in [7, 11) is 0. The first-order valence-corrected chi connectivity index (χ1v) is 19.2. The Balaban J connectivity index is 1.02. The number of para-hydroxylation sites is 1. The molecular formula is C52H35NS. The van der Waals surface area contributed by atoms with Crippen LogP contribution in [-0.2, 0) is 0 Å². The topological polar surface area (TPSA) is 3.24 Å². The summed E-state index contributed by atoms with van der Waals surface area (Å²) in [6.07, 6.45) is 0. The molecule has 10 rings (SSSR count). The maximum atomic E-state index is 2.35. The van der Waals surface area contributed by atoms with Crippen LogP contribution < -0.4 is 4.90 Å². The Morgan fingerprint density at radius 2 is 0.833 bits per heavy atom. The van der Waals surface area contributed by atoms with Gasteiger partial charge in [0, 0.05) is 37.2 Å². The summed E-state index contributed by atoms with van der Waals surface area (Å²) in [5, 5.41) is 5.16. The third-order valence-corrected chi connectivity index (χ3v) is 11.7. The lowest BCUT2D eigenvalue weighted by molar-refractivity contribution is 1.28. The largest absolute Gasteiger partial charge is 0.311 e. The van der Waals surface area contributed by atoms with E-state index in [4.69, 9.17) is 0 Å². The van der Waals surface area contributed by atoms with E-state index in [-0.39, 0.29) is 0 Å². The molecule has 0 fully saturated rings. The number of rotatable bonds is 7. The van der Waals surface area contributed by atoms with Gasteiger partial charge in [-0.25, -0.2) is 0 Å². The SMILES string of the molecule is c1ccc(-c2cc(-c3ccc(N(c4ccccc4)c4ccc(-c5cccc6c5sc5ccccc56)cc4)cc3)ccc2-c2cccc3ccccc23)cc1. The van der Waals surface area contributed by atoms with Crippen LogP contribution in [0.5, 0.6) is 0 Å². The van der Waals surface area contributed by atoms with Crippen LogP contribution in [-0.4, -0.2) is 0 Å². The highest BCUT2D eigenvalue weighted by Gasteiger charge is 2.16. The number of anilines is 3. The van der Waals surface area contributed by atoms with E-state index in [2.05, 4.69) is 217 Å². The Hall–Kier alpha value is -6.74. The highest BCUT2D eigenvalue weighted by Crippen LogP contribution is 2.43. The zero-order valence-electron chi connectivity index (χ0n) is 29.6. The standard InChI is InChI=1S/C52H35NS/c1-3-13-38(14-4-1)50-35-40(29-34-47(50)46-22-11-16-37-15-7-8-19-44(37)46)36-25-30-42(31-26-36)53(41-17-5-2-6-18-41)43-32-27-39(28-33-43)45-21-12-23-49-48-20-9-10-24-51(48)54-52(45)49/h1-35H. The summed E-state index contributed by atoms with van der Waals surface area (Å²) in [4.78, 5) is 2.34. The van der Waals surface area contributed by atoms with E-state index in [9.17, 15) is 0 Å². The van der Waals surface area contributed by atoms with Crippen molar-refractivity contribution in [2.45, 2.75) is 0 Å². The van der Waals surface area contributed by atoms with E-state index in [1.54, 1.807) is 0 Å². The van der Waals surface area contributed by atoms with Crippen molar-refractivity contribution in [3.05, 3.63) is 212 Å². The van der Waals surface area contributed by atoms with E-state index < -0.39 is 0 Å². The summed E-state index contributed by atoms with van der Waals surface area (Å²) in [6.45, 7) is 0. The van der Waals surface area contributed by atoms with Crippen LogP contribution in [0.25, 0.3) is 75.5 Å². The molecule has 0 spiro atoms. The quantitative estimate of drug-likeness (QED) is 0.160. The van der Waals surface area contributed by atoms with Gasteiger partial charge in [0.05, 0.1) is 0 Å². The molecule has 0 atom stereocenters. The Morgan fingerprint density at radius 3 is 1.61 bits per heavy atom. The van der Waals surface area contributed by atoms with Crippen LogP contribution in [0.3, 0.4) is 0 Å². The van der Waals surface area contributed by atoms with E-state index in [1.165, 1.54) is 75.5 Å². The minimum atomic E-state index is 1.11. The number of nitrogens with zero attached hydrogens (tertiary/aromatic N) is 1. The molecule has 0 aliphatic carbocycles. The molecule has 0 N–H and O–H groups in total. The lowest BCUT2D eigenvalue weighted by atomic mass is 9.89. The van der Waals surface area contributed by atoms with Crippen LogP contribution in [0.4, 0.5) is 17.1 Å². The first-order valence-electron chi connectivity index (χ1n) is 18.4. The maximum Gasteiger partial charge on any atom is 0.0462 e. The third-order valence-electron chi connectivity index (χ3n) is 10.5. The molecule has 0 amide bonds. The summed E-state index contributed by atoms with van der Waals surface area (Å²) >= 11 is 1.88. The van der Waals surface area contributed by atoms with Crippen molar-refractivity contribution in [3.8, 4) is 44.5 Å². The number of hydrogen-bond donors (Lipinski definition) is 0. The molecule has 0 aliphatic rings. The van der Waals surface area contributed by atoms with Crippen LogP contribution >= 0.6 is 11.3 Å². The van der Waals surface area contributed by atoms with E-state index in [0.717, 1.165) is 17.1 Å². The van der Waals surface area contributed by atoms with Gasteiger partial charge in [-0.1, -0.05) is 164 Å². The molecule has 9 aromatic carbocycles. The summed E-state index contributed by atoms with van der Waals surface area (Å²) in [5.74, 6) is 0. The fourth-order valence-corrected chi connectivity index (χ4v) is 9.11. The van der Waals surface area contributed by atoms with Gasteiger partial charge >= 0.3 is 0 Å². The van der Waals surface area contributed by atoms with Crippen molar-refractivity contribution in [1.29, 1.82) is 0 Å². The number of thiophene rings is 1. The normalized spacial score (nSPS) is 11.3. The molecule has 0 saturated carbocycles. The molecule has 0 bridgehead atoms. The molecule has 0 aliphatic heterocycles. The summed E-state index contributed by atoms with van der Waals surface area (Å²) in [6, 6.07) is 77.0. The second-order valence-electron chi connectivity index (χ2n) is 13.7. The Morgan fingerprint density at radius 1 is 0.296 bits per heavy atom. The second kappa shape index (κ2) is 13.7. The van der Waals surface area contributed by atoms with E-state index >= 15 is 0 Å². The van der Waals surface area contributed by atoms with Crippen LogP contribution in [0, 0.1) is 0 Å². The zero-order valence-corrected chi connectivity index (χ0v) is 30.4. The van der Waals surface area contributed by atoms with E-state index in [1.807, 2.05) is 11.3 Å². The van der Waals surface area contributed by atoms with Gasteiger partial charge in [-0.3, -0.25) is 0 Å². The molecule has 54 heavy (non-hydrogen) atoms. The Labute approximate surface area is 319 Å². The summed E-state index contributed by atoms with van der Waals surface area (Å²) in [5.41, 5.74) is 13.1. The minimum absolute atomic E-state index is 1.11. The lowest BCUT2D eigenvalue weighted by Gasteiger charge is -2.26. The molecule has 1 nitrogen and oxygen atoms in total. The first-order chi connectivity index (χ1) is 26.8. The average Bonchev–Trinajstić information content (AvgIpc) is 3.64. The van der Waals surface area contributed by atoms with Crippen molar-refractivity contribution in [2.24, 2.45) is 0 Å². The molecule has 2 heteroatoms. The van der Waals surface area contributed by atoms with Crippen LogP contribution in [0.1, 0.15) is 0 Å². The average molecular weight is 706 g/mol. The minimum Gasteiger partial charge on any atom is -0.311 e. The third kappa shape index (κ3) is 5.74. The van der Waals surface area contributed by atoms with Gasteiger partial charge < -0.3 is 4.90 Å². The van der Waals surface area contributed by atoms with Gasteiger partial charge in [-0.15, -0.1) is 11.3 Å². The highest BCUT2D eigenvalue weighted by molar-refractivity contribution is 7.26. The second-order valence-corrected chi connectivity index (χ2v) is 14.8. The highest BCUT2D eigenvalue weighted by atomic mass is 32.1. The van der Waals surface area contributed by atoms with Crippen molar-refractivity contribution in [2.75, 3.05) is 4.90 Å². The molecule has 254 valence electrons. The molecule has 10 aromatic rings. The number of benzene rings is 9.